The molecule has 0 fully saturated rings. The van der Waals surface area contributed by atoms with Crippen LogP contribution in [0.1, 0.15) is 113 Å². The molecule has 0 saturated heterocycles. The lowest BCUT2D eigenvalue weighted by Gasteiger charge is -2.37. The van der Waals surface area contributed by atoms with Crippen molar-refractivity contribution >= 4 is 45.7 Å². The molecule has 0 radical (unpaired) electrons. The van der Waals surface area contributed by atoms with E-state index in [-0.39, 0.29) is 17.9 Å². The van der Waals surface area contributed by atoms with E-state index in [0.29, 0.717) is 33.5 Å². The van der Waals surface area contributed by atoms with E-state index in [1.54, 1.807) is 132 Å². The third kappa shape index (κ3) is 18.3. The number of alkyl carbamates (subject to hydrolysis) is 1. The van der Waals surface area contributed by atoms with Crippen LogP contribution in [0.2, 0.25) is 0 Å². The summed E-state index contributed by atoms with van der Waals surface area (Å²) < 4.78 is 44.7. The third-order valence-electron chi connectivity index (χ3n) is 14.0. The van der Waals surface area contributed by atoms with Crippen LogP contribution in [0.4, 0.5) is 4.79 Å². The SMILES string of the molecule is Cc1ccc(S(=O)(=O)N[C@H](c2ccccc2)[C@H](NC(=O)[C@H](COC(C)(C)C)NC(=O)C(C)(C)NC(=O)[C@H](CC(=O)NC(c2ccccc2)(c2ccccc2)c2ccccc2)NC(=O)[C@H](Cc2cn(C)cn2)NC(=O)OC(C)(C)C)c2ccccc2)cc1. The molecule has 20 heteroatoms. The molecule has 1 heterocycles. The summed E-state index contributed by atoms with van der Waals surface area (Å²) in [5.41, 5.74) is -0.701. The lowest BCUT2D eigenvalue weighted by Crippen LogP contribution is -2.63. The number of nitrogens with zero attached hydrogens (tertiary/aromatic N) is 2. The van der Waals surface area contributed by atoms with Crippen molar-refractivity contribution in [2.75, 3.05) is 6.61 Å². The molecule has 458 valence electrons. The fraction of sp³-hybridized carbons (Fsp3) is 0.328. The Kier molecular flexibility index (Phi) is 21.5. The van der Waals surface area contributed by atoms with Crippen LogP contribution in [0.5, 0.6) is 0 Å². The van der Waals surface area contributed by atoms with Gasteiger partial charge in [0.1, 0.15) is 34.8 Å². The van der Waals surface area contributed by atoms with Crippen molar-refractivity contribution in [1.29, 1.82) is 0 Å². The fourth-order valence-corrected chi connectivity index (χ4v) is 10.9. The average Bonchev–Trinajstić information content (AvgIpc) is 1.14. The second-order valence-corrected chi connectivity index (χ2v) is 25.6. The van der Waals surface area contributed by atoms with Gasteiger partial charge < -0.3 is 45.9 Å². The molecule has 0 unspecified atom stereocenters. The van der Waals surface area contributed by atoms with Gasteiger partial charge in [0.15, 0.2) is 0 Å². The summed E-state index contributed by atoms with van der Waals surface area (Å²) in [6.07, 6.45) is 1.39. The molecule has 5 atom stereocenters. The van der Waals surface area contributed by atoms with Gasteiger partial charge in [-0.25, -0.2) is 22.9 Å². The molecule has 0 aliphatic heterocycles. The van der Waals surface area contributed by atoms with E-state index in [2.05, 4.69) is 41.6 Å². The minimum absolute atomic E-state index is 0.00373. The summed E-state index contributed by atoms with van der Waals surface area (Å²) in [6, 6.07) is 44.9. The Hall–Kier alpha value is -8.98. The number of nitrogens with one attached hydrogen (secondary N) is 7. The second kappa shape index (κ2) is 28.5. The van der Waals surface area contributed by atoms with E-state index < -0.39 is 105 Å². The average molecular weight is 1200 g/mol. The summed E-state index contributed by atoms with van der Waals surface area (Å²) in [5, 5.41) is 17.1. The molecule has 0 aliphatic rings. The predicted octanol–water partition coefficient (Wildman–Crippen LogP) is 7.92. The maximum Gasteiger partial charge on any atom is 0.408 e. The van der Waals surface area contributed by atoms with Gasteiger partial charge in [0.2, 0.25) is 39.6 Å². The second-order valence-electron chi connectivity index (χ2n) is 23.9. The molecule has 7 aromatic rings. The van der Waals surface area contributed by atoms with Gasteiger partial charge in [-0.15, -0.1) is 0 Å². The number of rotatable bonds is 25. The molecule has 87 heavy (non-hydrogen) atoms. The molecule has 0 spiro atoms. The van der Waals surface area contributed by atoms with Crippen molar-refractivity contribution in [2.24, 2.45) is 7.05 Å². The molecule has 7 N–H and O–H groups in total. The minimum Gasteiger partial charge on any atom is -0.444 e. The Morgan fingerprint density at radius 2 is 1.02 bits per heavy atom. The van der Waals surface area contributed by atoms with Crippen molar-refractivity contribution in [3.05, 3.63) is 228 Å². The maximum atomic E-state index is 15.2. The van der Waals surface area contributed by atoms with E-state index in [9.17, 15) is 22.8 Å². The molecule has 0 aliphatic carbocycles. The van der Waals surface area contributed by atoms with Gasteiger partial charge in [0, 0.05) is 19.7 Å². The number of aromatic nitrogens is 2. The molecule has 0 bridgehead atoms. The quantitative estimate of drug-likeness (QED) is 0.0271. The Bertz CT molecular complexity index is 3460. The number of imidazole rings is 1. The smallest absolute Gasteiger partial charge is 0.408 e. The standard InChI is InChI=1S/C67H79N9O10S/c1-45-36-38-52(39-37-45)87(83,84)75-58(47-28-18-12-19-29-47)57(46-26-16-11-17-27-46)72-60(79)55(43-85-64(2,3)4)70-62(81)66(8,9)74-61(80)54(69-59(78)53(40-51-42-76(10)44-68-51)71-63(82)86-65(5,6)7)41-56(77)73-67(48-30-20-13-21-31-48,49-32-22-14-23-33-49)50-34-24-15-25-35-50/h11-39,42,44,53-55,57-58,75H,40-41,43H2,1-10H3,(H,69,78)(H,70,81)(H,71,82)(H,72,79)(H,73,77)(H,74,80)/t53-,54-,55-,57+,58+/m0/s1. The topological polar surface area (TPSA) is 257 Å². The first-order valence-electron chi connectivity index (χ1n) is 28.6. The van der Waals surface area contributed by atoms with Crippen molar-refractivity contribution in [1.82, 2.24) is 46.2 Å². The van der Waals surface area contributed by atoms with Crippen LogP contribution in [-0.4, -0.2) is 95.1 Å². The fourth-order valence-electron chi connectivity index (χ4n) is 9.67. The summed E-state index contributed by atoms with van der Waals surface area (Å²) in [7, 11) is -2.49. The molecule has 1 aromatic heterocycles. The summed E-state index contributed by atoms with van der Waals surface area (Å²) in [6.45, 7) is 14.5. The van der Waals surface area contributed by atoms with Crippen LogP contribution >= 0.6 is 0 Å². The van der Waals surface area contributed by atoms with Gasteiger partial charge in [0.25, 0.3) is 0 Å². The monoisotopic (exact) mass is 1200 g/mol. The third-order valence-corrected chi connectivity index (χ3v) is 15.5. The lowest BCUT2D eigenvalue weighted by molar-refractivity contribution is -0.139. The van der Waals surface area contributed by atoms with Crippen molar-refractivity contribution in [2.45, 2.75) is 133 Å². The Morgan fingerprint density at radius 3 is 1.49 bits per heavy atom. The molecular weight excluding hydrogens is 1120 g/mol. The predicted molar refractivity (Wildman–Crippen MR) is 332 cm³/mol. The number of amides is 6. The highest BCUT2D eigenvalue weighted by atomic mass is 32.2. The van der Waals surface area contributed by atoms with Gasteiger partial charge in [-0.05, 0) is 102 Å². The van der Waals surface area contributed by atoms with E-state index in [1.807, 2.05) is 97.9 Å². The van der Waals surface area contributed by atoms with E-state index in [1.165, 1.54) is 32.3 Å². The highest BCUT2D eigenvalue weighted by molar-refractivity contribution is 7.89. The van der Waals surface area contributed by atoms with Crippen LogP contribution in [-0.2, 0) is 62.5 Å². The normalized spacial score (nSPS) is 13.8. The van der Waals surface area contributed by atoms with Crippen LogP contribution in [0, 0.1) is 6.92 Å². The van der Waals surface area contributed by atoms with Gasteiger partial charge in [-0.1, -0.05) is 169 Å². The molecule has 6 aromatic carbocycles. The number of sulfonamides is 1. The van der Waals surface area contributed by atoms with Gasteiger partial charge in [-0.2, -0.15) is 0 Å². The summed E-state index contributed by atoms with van der Waals surface area (Å²) >= 11 is 0. The molecule has 7 rings (SSSR count). The van der Waals surface area contributed by atoms with Crippen LogP contribution in [0.25, 0.3) is 0 Å². The summed E-state index contributed by atoms with van der Waals surface area (Å²) in [4.78, 5) is 92.7. The Balaban J connectivity index is 1.23. The number of aryl methyl sites for hydroxylation is 2. The Morgan fingerprint density at radius 1 is 0.540 bits per heavy atom. The van der Waals surface area contributed by atoms with E-state index >= 15 is 14.4 Å². The van der Waals surface area contributed by atoms with Crippen molar-refractivity contribution in [3.63, 3.8) is 0 Å². The zero-order chi connectivity index (χ0) is 63.2. The Labute approximate surface area is 509 Å². The van der Waals surface area contributed by atoms with E-state index in [4.69, 9.17) is 9.47 Å². The summed E-state index contributed by atoms with van der Waals surface area (Å²) in [5.74, 6) is -4.22. The largest absolute Gasteiger partial charge is 0.444 e. The molecular formula is C67H79N9O10S. The van der Waals surface area contributed by atoms with Gasteiger partial charge in [0.05, 0.1) is 47.6 Å². The first kappa shape index (κ1) is 65.6. The maximum absolute atomic E-state index is 15.2. The zero-order valence-electron chi connectivity index (χ0n) is 50.8. The number of benzene rings is 6. The highest BCUT2D eigenvalue weighted by Crippen LogP contribution is 2.37. The zero-order valence-corrected chi connectivity index (χ0v) is 51.6. The molecule has 6 amide bonds. The number of ether oxygens (including phenoxy) is 2. The lowest BCUT2D eigenvalue weighted by atomic mass is 9.77. The van der Waals surface area contributed by atoms with Crippen molar-refractivity contribution < 1.29 is 46.7 Å². The van der Waals surface area contributed by atoms with E-state index in [0.717, 1.165) is 5.56 Å². The van der Waals surface area contributed by atoms with Crippen LogP contribution in [0.15, 0.2) is 193 Å². The number of carbonyl (C=O) groups excluding carboxylic acids is 6. The first-order chi connectivity index (χ1) is 41.1. The minimum atomic E-state index is -4.23. The number of carbonyl (C=O) groups is 6. The first-order valence-corrected chi connectivity index (χ1v) is 30.1. The van der Waals surface area contributed by atoms with Crippen molar-refractivity contribution in [3.8, 4) is 0 Å². The number of hydrogen-bond acceptors (Lipinski definition) is 11. The van der Waals surface area contributed by atoms with Gasteiger partial charge >= 0.3 is 6.09 Å². The molecule has 0 saturated carbocycles. The van der Waals surface area contributed by atoms with Gasteiger partial charge in [-0.3, -0.25) is 24.0 Å². The van der Waals surface area contributed by atoms with Crippen LogP contribution < -0.4 is 36.6 Å². The molecule has 19 nitrogen and oxygen atoms in total. The van der Waals surface area contributed by atoms with Crippen LogP contribution in [0.3, 0.4) is 0 Å². The highest BCUT2D eigenvalue weighted by Gasteiger charge is 2.42. The number of hydrogen-bond donors (Lipinski definition) is 7.